The zero-order chi connectivity index (χ0) is 11.2. The van der Waals surface area contributed by atoms with E-state index in [1.54, 1.807) is 6.92 Å². The van der Waals surface area contributed by atoms with Crippen LogP contribution in [0.4, 0.5) is 8.78 Å². The van der Waals surface area contributed by atoms with Gasteiger partial charge < -0.3 is 4.90 Å². The number of likely N-dealkylation sites (tertiary alicyclic amines) is 1. The van der Waals surface area contributed by atoms with Crippen molar-refractivity contribution in [2.75, 3.05) is 19.6 Å². The summed E-state index contributed by atoms with van der Waals surface area (Å²) in [7, 11) is 0. The van der Waals surface area contributed by atoms with Crippen LogP contribution in [-0.4, -0.2) is 30.5 Å². The molecule has 0 N–H and O–H groups in total. The molecule has 1 nitrogen and oxygen atoms in total. The molecule has 1 heterocycles. The quantitative estimate of drug-likeness (QED) is 0.671. The van der Waals surface area contributed by atoms with E-state index >= 15 is 0 Å². The summed E-state index contributed by atoms with van der Waals surface area (Å²) in [5.74, 6) is -2.90. The van der Waals surface area contributed by atoms with Crippen LogP contribution in [0.1, 0.15) is 40.5 Å². The van der Waals surface area contributed by atoms with Crippen molar-refractivity contribution >= 4 is 0 Å². The summed E-state index contributed by atoms with van der Waals surface area (Å²) in [4.78, 5) is 2.13. The number of nitrogens with zero attached hydrogens (tertiary/aromatic N) is 1. The molecule has 0 radical (unpaired) electrons. The highest BCUT2D eigenvalue weighted by molar-refractivity contribution is 4.83. The summed E-state index contributed by atoms with van der Waals surface area (Å²) in [6, 6.07) is 0. The molecule has 0 aromatic carbocycles. The fourth-order valence-corrected chi connectivity index (χ4v) is 1.69. The van der Waals surface area contributed by atoms with E-state index in [4.69, 9.17) is 0 Å². The van der Waals surface area contributed by atoms with Gasteiger partial charge in [0.25, 0.3) is 5.92 Å². The topological polar surface area (TPSA) is 3.24 Å². The van der Waals surface area contributed by atoms with Crippen molar-refractivity contribution in [3.8, 4) is 0 Å². The normalized spacial score (nSPS) is 26.6. The molecule has 0 aromatic heterocycles. The first-order chi connectivity index (χ1) is 6.56. The molecule has 1 aliphatic heterocycles. The monoisotopic (exact) mass is 207 g/mol. The minimum atomic E-state index is -2.43. The van der Waals surface area contributed by atoms with Crippen molar-refractivity contribution < 1.29 is 8.78 Å². The third-order valence-electron chi connectivity index (χ3n) is 2.55. The second kappa shape index (κ2) is 6.33. The van der Waals surface area contributed by atoms with Crippen molar-refractivity contribution in [1.82, 2.24) is 4.90 Å². The molecular weight excluding hydrogens is 184 g/mol. The Kier molecular flexibility index (Phi) is 6.25. The van der Waals surface area contributed by atoms with E-state index in [0.29, 0.717) is 13.1 Å². The third-order valence-corrected chi connectivity index (χ3v) is 2.55. The van der Waals surface area contributed by atoms with Gasteiger partial charge in [0.2, 0.25) is 0 Å². The highest BCUT2D eigenvalue weighted by Crippen LogP contribution is 2.32. The van der Waals surface area contributed by atoms with Gasteiger partial charge in [-0.05, 0) is 13.0 Å². The number of rotatable bonds is 2. The molecule has 0 saturated carbocycles. The molecule has 1 atom stereocenters. The van der Waals surface area contributed by atoms with Crippen molar-refractivity contribution in [2.24, 2.45) is 5.92 Å². The average Bonchev–Trinajstić information content (AvgIpc) is 2.16. The van der Waals surface area contributed by atoms with Crippen LogP contribution in [0, 0.1) is 5.92 Å². The Bertz CT molecular complexity index is 148. The van der Waals surface area contributed by atoms with Crippen LogP contribution in [0.3, 0.4) is 0 Å². The average molecular weight is 207 g/mol. The van der Waals surface area contributed by atoms with Crippen molar-refractivity contribution in [2.45, 2.75) is 46.5 Å². The predicted octanol–water partition coefficient (Wildman–Crippen LogP) is 3.40. The minimum absolute atomic E-state index is 0.0359. The Labute approximate surface area is 86.5 Å². The summed E-state index contributed by atoms with van der Waals surface area (Å²) in [6.07, 6.45) is 1.09. The van der Waals surface area contributed by atoms with Crippen LogP contribution in [0.15, 0.2) is 0 Å². The summed E-state index contributed by atoms with van der Waals surface area (Å²) in [5, 5.41) is 0. The van der Waals surface area contributed by atoms with Crippen LogP contribution in [-0.2, 0) is 0 Å². The van der Waals surface area contributed by atoms with Gasteiger partial charge in [-0.2, -0.15) is 0 Å². The van der Waals surface area contributed by atoms with E-state index in [1.807, 2.05) is 13.8 Å². The second-order valence-electron chi connectivity index (χ2n) is 3.71. The largest absolute Gasteiger partial charge is 0.303 e. The number of halogens is 2. The van der Waals surface area contributed by atoms with E-state index in [9.17, 15) is 8.78 Å². The summed E-state index contributed by atoms with van der Waals surface area (Å²) < 4.78 is 26.0. The molecule has 0 bridgehead atoms. The maximum absolute atomic E-state index is 13.0. The van der Waals surface area contributed by atoms with Gasteiger partial charge in [-0.25, -0.2) is 8.78 Å². The SMILES string of the molecule is CC.CCCN1CCC(F)(F)C(C)C1. The van der Waals surface area contributed by atoms with Gasteiger partial charge in [0.05, 0.1) is 0 Å². The number of alkyl halides is 2. The van der Waals surface area contributed by atoms with E-state index < -0.39 is 11.8 Å². The molecule has 1 rings (SSSR count). The lowest BCUT2D eigenvalue weighted by molar-refractivity contribution is -0.0986. The second-order valence-corrected chi connectivity index (χ2v) is 3.71. The molecule has 3 heteroatoms. The Morgan fingerprint density at radius 2 is 1.93 bits per heavy atom. The minimum Gasteiger partial charge on any atom is -0.303 e. The van der Waals surface area contributed by atoms with Crippen LogP contribution in [0.2, 0.25) is 0 Å². The van der Waals surface area contributed by atoms with E-state index in [-0.39, 0.29) is 6.42 Å². The maximum atomic E-state index is 13.0. The Morgan fingerprint density at radius 1 is 1.36 bits per heavy atom. The summed E-state index contributed by atoms with van der Waals surface area (Å²) >= 11 is 0. The number of piperidine rings is 1. The van der Waals surface area contributed by atoms with Crippen LogP contribution in [0.5, 0.6) is 0 Å². The molecule has 14 heavy (non-hydrogen) atoms. The van der Waals surface area contributed by atoms with Gasteiger partial charge in [0.15, 0.2) is 0 Å². The Balaban J connectivity index is 0.000000791. The summed E-state index contributed by atoms with van der Waals surface area (Å²) in [6.45, 7) is 9.80. The van der Waals surface area contributed by atoms with Crippen LogP contribution < -0.4 is 0 Å². The first-order valence-corrected chi connectivity index (χ1v) is 5.66. The third kappa shape index (κ3) is 3.91. The molecule has 1 saturated heterocycles. The number of hydrogen-bond acceptors (Lipinski definition) is 1. The van der Waals surface area contributed by atoms with Gasteiger partial charge in [-0.1, -0.05) is 27.7 Å². The molecule has 1 fully saturated rings. The Hall–Kier alpha value is -0.180. The smallest absolute Gasteiger partial charge is 0.253 e. The van der Waals surface area contributed by atoms with Crippen LogP contribution >= 0.6 is 0 Å². The van der Waals surface area contributed by atoms with Gasteiger partial charge in [-0.3, -0.25) is 0 Å². The molecule has 0 spiro atoms. The van der Waals surface area contributed by atoms with Crippen molar-refractivity contribution in [3.63, 3.8) is 0 Å². The first kappa shape index (κ1) is 13.8. The summed E-state index contributed by atoms with van der Waals surface area (Å²) in [5.41, 5.74) is 0. The highest BCUT2D eigenvalue weighted by Gasteiger charge is 2.40. The maximum Gasteiger partial charge on any atom is 0.253 e. The van der Waals surface area contributed by atoms with Gasteiger partial charge in [-0.15, -0.1) is 0 Å². The number of hydrogen-bond donors (Lipinski definition) is 0. The van der Waals surface area contributed by atoms with Gasteiger partial charge >= 0.3 is 0 Å². The fraction of sp³-hybridized carbons (Fsp3) is 1.00. The van der Waals surface area contributed by atoms with E-state index in [2.05, 4.69) is 11.8 Å². The van der Waals surface area contributed by atoms with E-state index in [1.165, 1.54) is 0 Å². The van der Waals surface area contributed by atoms with Crippen molar-refractivity contribution in [3.05, 3.63) is 0 Å². The standard InChI is InChI=1S/C9H17F2N.C2H6/c1-3-5-12-6-4-9(10,11)8(2)7-12;1-2/h8H,3-7H2,1-2H3;1-2H3. The molecular formula is C11H23F2N. The lowest BCUT2D eigenvalue weighted by Crippen LogP contribution is -2.45. The molecule has 0 aliphatic carbocycles. The first-order valence-electron chi connectivity index (χ1n) is 5.66. The molecule has 0 amide bonds. The van der Waals surface area contributed by atoms with Crippen molar-refractivity contribution in [1.29, 1.82) is 0 Å². The fourth-order valence-electron chi connectivity index (χ4n) is 1.69. The zero-order valence-electron chi connectivity index (χ0n) is 9.82. The highest BCUT2D eigenvalue weighted by atomic mass is 19.3. The Morgan fingerprint density at radius 3 is 2.36 bits per heavy atom. The van der Waals surface area contributed by atoms with E-state index in [0.717, 1.165) is 13.0 Å². The van der Waals surface area contributed by atoms with Gasteiger partial charge in [0, 0.05) is 25.4 Å². The predicted molar refractivity (Wildman–Crippen MR) is 56.8 cm³/mol. The zero-order valence-corrected chi connectivity index (χ0v) is 9.82. The van der Waals surface area contributed by atoms with Crippen LogP contribution in [0.25, 0.3) is 0 Å². The molecule has 1 aliphatic rings. The lowest BCUT2D eigenvalue weighted by atomic mass is 9.95. The molecule has 86 valence electrons. The lowest BCUT2D eigenvalue weighted by Gasteiger charge is -2.36. The van der Waals surface area contributed by atoms with Gasteiger partial charge in [0.1, 0.15) is 0 Å². The molecule has 0 aromatic rings. The molecule has 1 unspecified atom stereocenters.